The summed E-state index contributed by atoms with van der Waals surface area (Å²) in [5, 5.41) is 4.24. The van der Waals surface area contributed by atoms with Crippen molar-refractivity contribution in [3.8, 4) is 5.69 Å². The van der Waals surface area contributed by atoms with E-state index in [-0.39, 0.29) is 5.97 Å². The summed E-state index contributed by atoms with van der Waals surface area (Å²) in [4.78, 5) is 11.3. The van der Waals surface area contributed by atoms with E-state index in [1.54, 1.807) is 6.07 Å². The number of carbonyl (C=O) groups excluding carboxylic acids is 1. The summed E-state index contributed by atoms with van der Waals surface area (Å²) in [7, 11) is 1.36. The number of esters is 1. The highest BCUT2D eigenvalue weighted by Crippen LogP contribution is 2.27. The highest BCUT2D eigenvalue weighted by atomic mass is 16.5. The van der Waals surface area contributed by atoms with E-state index in [1.165, 1.54) is 12.7 Å². The summed E-state index contributed by atoms with van der Waals surface area (Å²) in [5.74, 6) is -0.389. The Bertz CT molecular complexity index is 572. The lowest BCUT2D eigenvalue weighted by Gasteiger charge is -1.99. The van der Waals surface area contributed by atoms with Gasteiger partial charge < -0.3 is 4.74 Å². The molecule has 1 aromatic heterocycles. The largest absolute Gasteiger partial charge is 0.464 e. The number of methoxy groups -OCH3 is 1. The molecule has 0 amide bonds. The topological polar surface area (TPSA) is 44.1 Å². The summed E-state index contributed by atoms with van der Waals surface area (Å²) in [5.41, 5.74) is 3.68. The van der Waals surface area contributed by atoms with Gasteiger partial charge in [0.15, 0.2) is 5.69 Å². The van der Waals surface area contributed by atoms with Crippen LogP contribution in [0, 0.1) is 0 Å². The molecule has 16 heavy (non-hydrogen) atoms. The maximum Gasteiger partial charge on any atom is 0.358 e. The Morgan fingerprint density at radius 3 is 3.06 bits per heavy atom. The highest BCUT2D eigenvalue weighted by Gasteiger charge is 2.22. The van der Waals surface area contributed by atoms with Gasteiger partial charge in [0.05, 0.1) is 12.8 Å². The van der Waals surface area contributed by atoms with Crippen LogP contribution in [0.25, 0.3) is 5.69 Å². The number of fused-ring (bicyclic) bond motifs is 3. The molecule has 4 heteroatoms. The molecule has 1 aliphatic rings. The van der Waals surface area contributed by atoms with Crippen molar-refractivity contribution in [2.45, 2.75) is 6.42 Å². The molecular formula is C12H10N2O2. The Hall–Kier alpha value is -2.10. The molecule has 1 aliphatic heterocycles. The summed E-state index contributed by atoms with van der Waals surface area (Å²) in [6.07, 6.45) is 0.820. The molecule has 1 aromatic carbocycles. The summed E-state index contributed by atoms with van der Waals surface area (Å²) in [6.45, 7) is 0. The SMILES string of the molecule is COC(=O)c1cc2n(n1)-c1ccccc1C2. The molecular weight excluding hydrogens is 204 g/mol. The van der Waals surface area contributed by atoms with Gasteiger partial charge in [0, 0.05) is 12.1 Å². The van der Waals surface area contributed by atoms with E-state index in [0.29, 0.717) is 5.69 Å². The van der Waals surface area contributed by atoms with Crippen molar-refractivity contribution in [3.63, 3.8) is 0 Å². The summed E-state index contributed by atoms with van der Waals surface area (Å²) < 4.78 is 6.45. The molecule has 0 bridgehead atoms. The first-order chi connectivity index (χ1) is 7.79. The molecule has 4 nitrogen and oxygen atoms in total. The van der Waals surface area contributed by atoms with Gasteiger partial charge in [-0.1, -0.05) is 18.2 Å². The van der Waals surface area contributed by atoms with Crippen molar-refractivity contribution in [1.29, 1.82) is 0 Å². The van der Waals surface area contributed by atoms with E-state index in [1.807, 2.05) is 22.9 Å². The number of aromatic nitrogens is 2. The predicted molar refractivity (Wildman–Crippen MR) is 57.7 cm³/mol. The van der Waals surface area contributed by atoms with E-state index in [4.69, 9.17) is 0 Å². The Kier molecular flexibility index (Phi) is 1.83. The Balaban J connectivity index is 2.11. The number of nitrogens with zero attached hydrogens (tertiary/aromatic N) is 2. The fourth-order valence-corrected chi connectivity index (χ4v) is 2.02. The molecule has 0 N–H and O–H groups in total. The number of ether oxygens (including phenoxy) is 1. The molecule has 0 saturated carbocycles. The average molecular weight is 214 g/mol. The van der Waals surface area contributed by atoms with E-state index in [2.05, 4.69) is 15.9 Å². The van der Waals surface area contributed by atoms with Crippen molar-refractivity contribution in [2.24, 2.45) is 0 Å². The number of hydrogen-bond acceptors (Lipinski definition) is 3. The van der Waals surface area contributed by atoms with Crippen LogP contribution in [-0.2, 0) is 11.2 Å². The zero-order valence-electron chi connectivity index (χ0n) is 8.80. The maximum absolute atomic E-state index is 11.3. The fourth-order valence-electron chi connectivity index (χ4n) is 2.02. The van der Waals surface area contributed by atoms with Crippen molar-refractivity contribution >= 4 is 5.97 Å². The molecule has 0 atom stereocenters. The van der Waals surface area contributed by atoms with Crippen LogP contribution in [0.5, 0.6) is 0 Å². The van der Waals surface area contributed by atoms with Crippen molar-refractivity contribution in [3.05, 3.63) is 47.3 Å². The van der Waals surface area contributed by atoms with Gasteiger partial charge in [0.2, 0.25) is 0 Å². The first-order valence-electron chi connectivity index (χ1n) is 5.05. The molecule has 0 radical (unpaired) electrons. The third kappa shape index (κ3) is 1.16. The molecule has 0 unspecified atom stereocenters. The van der Waals surface area contributed by atoms with Crippen LogP contribution < -0.4 is 0 Å². The summed E-state index contributed by atoms with van der Waals surface area (Å²) in [6, 6.07) is 9.83. The van der Waals surface area contributed by atoms with Gasteiger partial charge in [0.25, 0.3) is 0 Å². The third-order valence-electron chi connectivity index (χ3n) is 2.77. The molecule has 0 saturated heterocycles. The second-order valence-corrected chi connectivity index (χ2v) is 3.73. The molecule has 0 spiro atoms. The Labute approximate surface area is 92.5 Å². The van der Waals surface area contributed by atoms with Gasteiger partial charge in [0.1, 0.15) is 0 Å². The normalized spacial score (nSPS) is 12.1. The standard InChI is InChI=1S/C12H10N2O2/c1-16-12(15)10-7-9-6-8-4-2-3-5-11(8)14(9)13-10/h2-5,7H,6H2,1H3. The van der Waals surface area contributed by atoms with Gasteiger partial charge in [-0.05, 0) is 17.7 Å². The summed E-state index contributed by atoms with van der Waals surface area (Å²) >= 11 is 0. The second kappa shape index (κ2) is 3.20. The van der Waals surface area contributed by atoms with Crippen LogP contribution >= 0.6 is 0 Å². The maximum atomic E-state index is 11.3. The first kappa shape index (κ1) is 9.15. The Morgan fingerprint density at radius 2 is 2.25 bits per heavy atom. The van der Waals surface area contributed by atoms with E-state index in [0.717, 1.165) is 17.8 Å². The van der Waals surface area contributed by atoms with Crippen LogP contribution in [0.15, 0.2) is 30.3 Å². The smallest absolute Gasteiger partial charge is 0.358 e. The lowest BCUT2D eigenvalue weighted by atomic mass is 10.1. The minimum absolute atomic E-state index is 0.368. The molecule has 80 valence electrons. The molecule has 0 aliphatic carbocycles. The van der Waals surface area contributed by atoms with E-state index in [9.17, 15) is 4.79 Å². The van der Waals surface area contributed by atoms with Crippen LogP contribution in [0.4, 0.5) is 0 Å². The van der Waals surface area contributed by atoms with Gasteiger partial charge >= 0.3 is 5.97 Å². The lowest BCUT2D eigenvalue weighted by molar-refractivity contribution is 0.0593. The Morgan fingerprint density at radius 1 is 1.44 bits per heavy atom. The van der Waals surface area contributed by atoms with E-state index < -0.39 is 0 Å². The quantitative estimate of drug-likeness (QED) is 0.577. The monoisotopic (exact) mass is 214 g/mol. The number of benzene rings is 1. The van der Waals surface area contributed by atoms with Crippen LogP contribution in [0.3, 0.4) is 0 Å². The van der Waals surface area contributed by atoms with Gasteiger partial charge in [-0.3, -0.25) is 0 Å². The van der Waals surface area contributed by atoms with Crippen LogP contribution in [-0.4, -0.2) is 22.9 Å². The van der Waals surface area contributed by atoms with Crippen LogP contribution in [0.1, 0.15) is 21.7 Å². The minimum Gasteiger partial charge on any atom is -0.464 e. The second-order valence-electron chi connectivity index (χ2n) is 3.73. The zero-order chi connectivity index (χ0) is 11.1. The van der Waals surface area contributed by atoms with Crippen molar-refractivity contribution in [1.82, 2.24) is 9.78 Å². The van der Waals surface area contributed by atoms with E-state index >= 15 is 0 Å². The molecule has 2 heterocycles. The number of carbonyl (C=O) groups is 1. The number of rotatable bonds is 1. The van der Waals surface area contributed by atoms with Crippen molar-refractivity contribution in [2.75, 3.05) is 7.11 Å². The van der Waals surface area contributed by atoms with Crippen molar-refractivity contribution < 1.29 is 9.53 Å². The molecule has 2 aromatic rings. The van der Waals surface area contributed by atoms with Gasteiger partial charge in [-0.2, -0.15) is 5.10 Å². The highest BCUT2D eigenvalue weighted by molar-refractivity contribution is 5.87. The first-order valence-corrected chi connectivity index (χ1v) is 5.05. The molecule has 0 fully saturated rings. The number of hydrogen-bond donors (Lipinski definition) is 0. The fraction of sp³-hybridized carbons (Fsp3) is 0.167. The van der Waals surface area contributed by atoms with Gasteiger partial charge in [-0.15, -0.1) is 0 Å². The van der Waals surface area contributed by atoms with Gasteiger partial charge in [-0.25, -0.2) is 9.48 Å². The predicted octanol–water partition coefficient (Wildman–Crippen LogP) is 1.56. The third-order valence-corrected chi connectivity index (χ3v) is 2.77. The minimum atomic E-state index is -0.389. The average Bonchev–Trinajstić information content (AvgIpc) is 2.85. The molecule has 3 rings (SSSR count). The zero-order valence-corrected chi connectivity index (χ0v) is 8.80. The van der Waals surface area contributed by atoms with Crippen LogP contribution in [0.2, 0.25) is 0 Å². The number of para-hydroxylation sites is 1. The lowest BCUT2D eigenvalue weighted by Crippen LogP contribution is -2.03.